The molecule has 5 nitrogen and oxygen atoms in total. The largest absolute Gasteiger partial charge is 0.418 e. The Kier molecular flexibility index (Phi) is 18.2. The zero-order valence-corrected chi connectivity index (χ0v) is 25.3. The summed E-state index contributed by atoms with van der Waals surface area (Å²) >= 11 is 5.17. The van der Waals surface area contributed by atoms with Crippen LogP contribution < -0.4 is 4.74 Å². The SMILES string of the molecule is C.C=C(C)[C@@H]1CCC(C)=C[C@H]1c1c(C)cc(CCCCC)cc1OC(=O)SCC1CO1.O.SCC1CO1.[2H]C[B]. The summed E-state index contributed by atoms with van der Waals surface area (Å²) in [6.45, 7) is 14.7. The zero-order chi connectivity index (χ0) is 28.1. The number of epoxide rings is 2. The second-order valence-electron chi connectivity index (χ2n) is 10.1. The molecule has 1 aliphatic carbocycles. The van der Waals surface area contributed by atoms with Crippen LogP contribution >= 0.6 is 24.4 Å². The summed E-state index contributed by atoms with van der Waals surface area (Å²) in [5.74, 6) is 2.88. The van der Waals surface area contributed by atoms with Crippen LogP contribution in [0, 0.1) is 12.8 Å². The van der Waals surface area contributed by atoms with Gasteiger partial charge in [0, 0.05) is 24.4 Å². The minimum Gasteiger partial charge on any atom is -0.418 e. The standard InChI is InChI=1S/C26H36O3S.C3H6OS.CH3B.CH4.H2O/c1-6-7-8-9-20-13-19(5)25(23-12-18(4)10-11-22(23)17(2)3)24(14-20)29-26(27)30-16-21-15-28-21;5-2-3-1-4-3;1-2;;/h12-14,21-23H,2,6-11,15-16H2,1,3-5H3;3,5H,1-2H2;1H3;1H4;1H2/t21?,22-,23+;;;;/m0..../s1/i;;1D;;. The van der Waals surface area contributed by atoms with Crippen molar-refractivity contribution in [1.29, 1.82) is 0 Å². The lowest BCUT2D eigenvalue weighted by atomic mass is 9.73. The van der Waals surface area contributed by atoms with E-state index >= 15 is 0 Å². The molecule has 0 bridgehead atoms. The lowest BCUT2D eigenvalue weighted by Gasteiger charge is -2.32. The summed E-state index contributed by atoms with van der Waals surface area (Å²) in [5, 5.41) is -0.236. The maximum absolute atomic E-state index is 12.6. The van der Waals surface area contributed by atoms with Gasteiger partial charge in [-0.25, -0.2) is 4.79 Å². The van der Waals surface area contributed by atoms with E-state index < -0.39 is 0 Å². The van der Waals surface area contributed by atoms with Crippen molar-refractivity contribution in [2.45, 2.75) is 98.6 Å². The highest BCUT2D eigenvalue weighted by Gasteiger charge is 2.31. The lowest BCUT2D eigenvalue weighted by molar-refractivity contribution is 0.226. The van der Waals surface area contributed by atoms with Crippen LogP contribution in [-0.4, -0.2) is 55.6 Å². The Morgan fingerprint density at radius 2 is 1.90 bits per heavy atom. The molecule has 4 rings (SSSR count). The van der Waals surface area contributed by atoms with E-state index in [0.29, 0.717) is 17.8 Å². The highest BCUT2D eigenvalue weighted by atomic mass is 32.2. The number of ether oxygens (including phenoxy) is 3. The minimum absolute atomic E-state index is 0. The van der Waals surface area contributed by atoms with E-state index in [4.69, 9.17) is 15.6 Å². The zero-order valence-electron chi connectivity index (χ0n) is 24.6. The van der Waals surface area contributed by atoms with Gasteiger partial charge < -0.3 is 19.7 Å². The van der Waals surface area contributed by atoms with Crippen molar-refractivity contribution in [3.63, 3.8) is 0 Å². The number of aryl methyl sites for hydroxylation is 2. The van der Waals surface area contributed by atoms with Crippen LogP contribution in [0.3, 0.4) is 0 Å². The Bertz CT molecular complexity index is 935. The summed E-state index contributed by atoms with van der Waals surface area (Å²) in [6, 6.07) is 4.40. The number of thioether (sulfide) groups is 1. The molecule has 0 saturated carbocycles. The molecule has 39 heavy (non-hydrogen) atoms. The molecule has 2 radical (unpaired) electrons. The van der Waals surface area contributed by atoms with Crippen molar-refractivity contribution in [2.24, 2.45) is 5.92 Å². The number of unbranched alkanes of at least 4 members (excludes halogenated alkanes) is 2. The van der Waals surface area contributed by atoms with Crippen molar-refractivity contribution in [1.82, 2.24) is 0 Å². The summed E-state index contributed by atoms with van der Waals surface area (Å²) < 4.78 is 22.0. The van der Waals surface area contributed by atoms with Gasteiger partial charge in [0.15, 0.2) is 0 Å². The average molecular weight is 580 g/mol. The van der Waals surface area contributed by atoms with E-state index in [1.54, 1.807) is 0 Å². The van der Waals surface area contributed by atoms with Crippen molar-refractivity contribution < 1.29 is 25.9 Å². The first-order valence-electron chi connectivity index (χ1n) is 14.1. The highest BCUT2D eigenvalue weighted by Crippen LogP contribution is 2.45. The third kappa shape index (κ3) is 13.3. The van der Waals surface area contributed by atoms with Gasteiger partial charge >= 0.3 is 5.30 Å². The van der Waals surface area contributed by atoms with Crippen LogP contribution in [0.5, 0.6) is 5.75 Å². The molecule has 1 aromatic rings. The predicted octanol–water partition coefficient (Wildman–Crippen LogP) is 7.70. The topological polar surface area (TPSA) is 82.9 Å². The van der Waals surface area contributed by atoms with Crippen molar-refractivity contribution >= 4 is 37.5 Å². The van der Waals surface area contributed by atoms with Gasteiger partial charge in [-0.3, -0.25) is 0 Å². The summed E-state index contributed by atoms with van der Waals surface area (Å²) in [6.07, 6.45) is 9.87. The van der Waals surface area contributed by atoms with Gasteiger partial charge in [0.25, 0.3) is 0 Å². The molecule has 3 aliphatic rings. The quantitative estimate of drug-likeness (QED) is 0.0767. The smallest absolute Gasteiger partial charge is 0.372 e. The molecule has 2 aliphatic heterocycles. The van der Waals surface area contributed by atoms with Crippen LogP contribution in [0.4, 0.5) is 4.79 Å². The normalized spacial score (nSPS) is 22.6. The Morgan fingerprint density at radius 3 is 2.41 bits per heavy atom. The number of carbonyl (C=O) groups excluding carboxylic acids is 1. The number of benzene rings is 1. The first-order chi connectivity index (χ1) is 18.2. The van der Waals surface area contributed by atoms with Gasteiger partial charge in [0.05, 0.1) is 33.3 Å². The Morgan fingerprint density at radius 1 is 1.26 bits per heavy atom. The molecule has 220 valence electrons. The van der Waals surface area contributed by atoms with Crippen LogP contribution in [0.2, 0.25) is 6.80 Å². The minimum atomic E-state index is -0.236. The lowest BCUT2D eigenvalue weighted by Crippen LogP contribution is -2.19. The molecule has 2 saturated heterocycles. The fourth-order valence-corrected chi connectivity index (χ4v) is 5.47. The molecule has 0 amide bonds. The van der Waals surface area contributed by atoms with Crippen LogP contribution in [0.1, 0.15) is 84.3 Å². The van der Waals surface area contributed by atoms with Crippen LogP contribution in [0.15, 0.2) is 35.9 Å². The van der Waals surface area contributed by atoms with E-state index in [2.05, 4.69) is 73.0 Å². The van der Waals surface area contributed by atoms with Gasteiger partial charge in [-0.2, -0.15) is 12.6 Å². The molecule has 4 atom stereocenters. The number of hydrogen-bond acceptors (Lipinski definition) is 6. The summed E-state index contributed by atoms with van der Waals surface area (Å²) in [7, 11) is 4.51. The first-order valence-corrected chi connectivity index (χ1v) is 15.0. The average Bonchev–Trinajstić information content (AvgIpc) is 3.78. The third-order valence-electron chi connectivity index (χ3n) is 6.78. The number of rotatable bonds is 10. The van der Waals surface area contributed by atoms with Crippen LogP contribution in [0.25, 0.3) is 0 Å². The highest BCUT2D eigenvalue weighted by molar-refractivity contribution is 8.13. The fraction of sp³-hybridized carbons (Fsp3) is 0.645. The van der Waals surface area contributed by atoms with Crippen molar-refractivity contribution in [3.8, 4) is 5.75 Å². The molecule has 2 fully saturated rings. The Labute approximate surface area is 250 Å². The molecular formula is C31H51BO5S2. The molecule has 8 heteroatoms. The molecule has 0 aromatic heterocycles. The van der Waals surface area contributed by atoms with Gasteiger partial charge in [-0.05, 0) is 81.3 Å². The van der Waals surface area contributed by atoms with Crippen molar-refractivity contribution in [3.05, 3.63) is 52.6 Å². The number of hydrogen-bond donors (Lipinski definition) is 1. The van der Waals surface area contributed by atoms with E-state index in [0.717, 1.165) is 56.0 Å². The van der Waals surface area contributed by atoms with E-state index in [1.165, 1.54) is 46.9 Å². The summed E-state index contributed by atoms with van der Waals surface area (Å²) in [5.41, 5.74) is 6.23. The molecular weight excluding hydrogens is 527 g/mol. The first kappa shape index (κ1) is 35.8. The Hall–Kier alpha value is -1.19. The number of carbonyl (C=O) groups is 1. The number of thiol groups is 1. The van der Waals surface area contributed by atoms with Gasteiger partial charge in [-0.15, -0.1) is 0 Å². The van der Waals surface area contributed by atoms with Gasteiger partial charge in [0.2, 0.25) is 0 Å². The molecule has 2 heterocycles. The van der Waals surface area contributed by atoms with E-state index in [9.17, 15) is 4.79 Å². The van der Waals surface area contributed by atoms with E-state index in [1.807, 2.05) is 0 Å². The monoisotopic (exact) mass is 579 g/mol. The number of allylic oxidation sites excluding steroid dienone is 3. The van der Waals surface area contributed by atoms with Gasteiger partial charge in [-0.1, -0.05) is 63.9 Å². The second kappa shape index (κ2) is 19.8. The van der Waals surface area contributed by atoms with Gasteiger partial charge in [0.1, 0.15) is 5.75 Å². The maximum Gasteiger partial charge on any atom is 0.372 e. The van der Waals surface area contributed by atoms with Crippen LogP contribution in [-0.2, 0) is 15.9 Å². The fourth-order valence-electron chi connectivity index (χ4n) is 4.60. The summed E-state index contributed by atoms with van der Waals surface area (Å²) in [4.78, 5) is 12.6. The molecule has 0 spiro atoms. The second-order valence-corrected chi connectivity index (χ2v) is 11.4. The molecule has 2 unspecified atom stereocenters. The molecule has 2 N–H and O–H groups in total. The van der Waals surface area contributed by atoms with E-state index in [-0.39, 0.29) is 37.0 Å². The maximum atomic E-state index is 12.6. The third-order valence-corrected chi connectivity index (χ3v) is 8.04. The molecule has 1 aromatic carbocycles. The Balaban J connectivity index is 0.00000132. The predicted molar refractivity (Wildman–Crippen MR) is 172 cm³/mol. The van der Waals surface area contributed by atoms with Crippen molar-refractivity contribution in [2.75, 3.05) is 24.7 Å².